The summed E-state index contributed by atoms with van der Waals surface area (Å²) in [5, 5.41) is 0. The van der Waals surface area contributed by atoms with Crippen LogP contribution >= 0.6 is 0 Å². The molecule has 1 aliphatic rings. The molecule has 0 bridgehead atoms. The molecule has 2 aromatic rings. The largest absolute Gasteiger partial charge is 0.426 e. The van der Waals surface area contributed by atoms with Gasteiger partial charge in [0.25, 0.3) is 0 Å². The second-order valence-corrected chi connectivity index (χ2v) is 9.59. The van der Waals surface area contributed by atoms with Crippen molar-refractivity contribution in [1.82, 2.24) is 0 Å². The first-order chi connectivity index (χ1) is 16.6. The molecule has 3 rings (SSSR count). The summed E-state index contributed by atoms with van der Waals surface area (Å²) >= 11 is 0. The Labute approximate surface area is 206 Å². The van der Waals surface area contributed by atoms with Crippen molar-refractivity contribution in [3.05, 3.63) is 59.7 Å². The van der Waals surface area contributed by atoms with Crippen molar-refractivity contribution in [3.63, 3.8) is 0 Å². The average Bonchev–Trinajstić information content (AvgIpc) is 2.86. The van der Waals surface area contributed by atoms with E-state index in [9.17, 15) is 9.59 Å². The van der Waals surface area contributed by atoms with Crippen LogP contribution in [-0.2, 0) is 22.4 Å². The highest BCUT2D eigenvalue weighted by atomic mass is 16.5. The summed E-state index contributed by atoms with van der Waals surface area (Å²) in [5.74, 6) is 0.507. The number of hydrogen-bond donors (Lipinski definition) is 0. The van der Waals surface area contributed by atoms with Crippen LogP contribution in [0.1, 0.15) is 90.6 Å². The zero-order valence-corrected chi connectivity index (χ0v) is 20.9. The highest BCUT2D eigenvalue weighted by Crippen LogP contribution is 2.31. The summed E-state index contributed by atoms with van der Waals surface area (Å²) < 4.78 is 11.2. The van der Waals surface area contributed by atoms with E-state index in [2.05, 4.69) is 13.8 Å². The van der Waals surface area contributed by atoms with Gasteiger partial charge < -0.3 is 9.47 Å². The van der Waals surface area contributed by atoms with Crippen molar-refractivity contribution in [2.24, 2.45) is 11.8 Å². The van der Waals surface area contributed by atoms with Gasteiger partial charge in [0.2, 0.25) is 0 Å². The Balaban J connectivity index is 0.00000432. The van der Waals surface area contributed by atoms with E-state index in [0.717, 1.165) is 12.8 Å². The third-order valence-corrected chi connectivity index (χ3v) is 6.82. The van der Waals surface area contributed by atoms with Gasteiger partial charge in [-0.2, -0.15) is 0 Å². The molecule has 0 radical (unpaired) electrons. The first-order valence-corrected chi connectivity index (χ1v) is 13.2. The zero-order valence-electron chi connectivity index (χ0n) is 20.9. The number of hydrogen-bond acceptors (Lipinski definition) is 4. The van der Waals surface area contributed by atoms with E-state index in [1.54, 1.807) is 0 Å². The van der Waals surface area contributed by atoms with Gasteiger partial charge in [-0.05, 0) is 86.8 Å². The number of rotatable bonds is 12. The smallest absolute Gasteiger partial charge is 0.314 e. The molecule has 34 heavy (non-hydrogen) atoms. The zero-order chi connectivity index (χ0) is 24.2. The molecule has 4 nitrogen and oxygen atoms in total. The van der Waals surface area contributed by atoms with Gasteiger partial charge in [-0.15, -0.1) is 0 Å². The second-order valence-electron chi connectivity index (χ2n) is 9.59. The molecule has 186 valence electrons. The maximum absolute atomic E-state index is 12.6. The number of esters is 2. The topological polar surface area (TPSA) is 52.6 Å². The third-order valence-electron chi connectivity index (χ3n) is 6.82. The Morgan fingerprint density at radius 3 is 1.32 bits per heavy atom. The van der Waals surface area contributed by atoms with Gasteiger partial charge in [0.05, 0.1) is 11.8 Å². The number of ether oxygens (including phenoxy) is 2. The minimum Gasteiger partial charge on any atom is -0.426 e. The molecule has 0 unspecified atom stereocenters. The SMILES string of the molecule is CCCCCc1ccc(OC(=O)C2CCC(C(=O)Oc3ccc(CCCCC)cc3)CC2)cc1.[HH]. The van der Waals surface area contributed by atoms with Crippen molar-refractivity contribution < 1.29 is 20.5 Å². The van der Waals surface area contributed by atoms with Crippen molar-refractivity contribution in [2.45, 2.75) is 90.9 Å². The second kappa shape index (κ2) is 13.9. The van der Waals surface area contributed by atoms with Crippen LogP contribution in [0.15, 0.2) is 48.5 Å². The fraction of sp³-hybridized carbons (Fsp3) is 0.533. The Morgan fingerprint density at radius 2 is 1.00 bits per heavy atom. The summed E-state index contributed by atoms with van der Waals surface area (Å²) in [7, 11) is 0. The summed E-state index contributed by atoms with van der Waals surface area (Å²) in [5.41, 5.74) is 2.55. The number of carbonyl (C=O) groups is 2. The molecular formula is C30H42O4. The molecule has 0 aromatic heterocycles. The Kier molecular flexibility index (Phi) is 10.7. The van der Waals surface area contributed by atoms with E-state index in [4.69, 9.17) is 9.47 Å². The third kappa shape index (κ3) is 8.30. The molecule has 0 spiro atoms. The highest BCUT2D eigenvalue weighted by molar-refractivity contribution is 5.77. The molecule has 1 fully saturated rings. The predicted octanol–water partition coefficient (Wildman–Crippen LogP) is 7.72. The lowest BCUT2D eigenvalue weighted by Gasteiger charge is -2.25. The van der Waals surface area contributed by atoms with Crippen LogP contribution in [0, 0.1) is 11.8 Å². The van der Waals surface area contributed by atoms with E-state index in [1.807, 2.05) is 48.5 Å². The maximum Gasteiger partial charge on any atom is 0.314 e. The Bertz CT molecular complexity index is 808. The van der Waals surface area contributed by atoms with Gasteiger partial charge in [0.15, 0.2) is 0 Å². The summed E-state index contributed by atoms with van der Waals surface area (Å²) in [6.45, 7) is 4.40. The van der Waals surface area contributed by atoms with Gasteiger partial charge >= 0.3 is 11.9 Å². The van der Waals surface area contributed by atoms with Crippen LogP contribution < -0.4 is 9.47 Å². The van der Waals surface area contributed by atoms with Crippen LogP contribution in [0.3, 0.4) is 0 Å². The molecule has 0 amide bonds. The number of aryl methyl sites for hydroxylation is 2. The first kappa shape index (κ1) is 26.0. The van der Waals surface area contributed by atoms with Crippen LogP contribution in [0.4, 0.5) is 0 Å². The van der Waals surface area contributed by atoms with Gasteiger partial charge in [-0.3, -0.25) is 9.59 Å². The van der Waals surface area contributed by atoms with Crippen LogP contribution in [0.5, 0.6) is 11.5 Å². The molecule has 4 heteroatoms. The maximum atomic E-state index is 12.6. The van der Waals surface area contributed by atoms with E-state index < -0.39 is 0 Å². The van der Waals surface area contributed by atoms with Gasteiger partial charge in [0.1, 0.15) is 11.5 Å². The Hall–Kier alpha value is -2.62. The molecule has 1 saturated carbocycles. The number of benzene rings is 2. The minimum absolute atomic E-state index is 0. The standard InChI is InChI=1S/C30H40O4.H2/c1-3-5-7-9-23-11-19-27(20-12-23)33-29(31)25-15-17-26(18-16-25)30(32)34-28-21-13-24(14-22-28)10-8-6-4-2;/h11-14,19-22,25-26H,3-10,15-18H2,1-2H3;1H. The molecule has 0 aliphatic heterocycles. The van der Waals surface area contributed by atoms with Crippen molar-refractivity contribution >= 4 is 11.9 Å². The van der Waals surface area contributed by atoms with Crippen LogP contribution in [0.2, 0.25) is 0 Å². The minimum atomic E-state index is -0.191. The monoisotopic (exact) mass is 466 g/mol. The molecule has 2 aromatic carbocycles. The lowest BCUT2D eigenvalue weighted by molar-refractivity contribution is -0.145. The molecule has 1 aliphatic carbocycles. The van der Waals surface area contributed by atoms with Crippen molar-refractivity contribution in [2.75, 3.05) is 0 Å². The lowest BCUT2D eigenvalue weighted by atomic mass is 9.82. The first-order valence-electron chi connectivity index (χ1n) is 13.2. The predicted molar refractivity (Wildman–Crippen MR) is 138 cm³/mol. The molecule has 0 N–H and O–H groups in total. The fourth-order valence-corrected chi connectivity index (χ4v) is 4.57. The molecular weight excluding hydrogens is 424 g/mol. The van der Waals surface area contributed by atoms with Gasteiger partial charge in [-0.25, -0.2) is 0 Å². The van der Waals surface area contributed by atoms with E-state index in [1.165, 1.54) is 49.7 Å². The fourth-order valence-electron chi connectivity index (χ4n) is 4.57. The summed E-state index contributed by atoms with van der Waals surface area (Å²) in [6.07, 6.45) is 12.0. The quantitative estimate of drug-likeness (QED) is 0.183. The molecule has 0 heterocycles. The number of unbranched alkanes of at least 4 members (excludes halogenated alkanes) is 4. The summed E-state index contributed by atoms with van der Waals surface area (Å²) in [4.78, 5) is 25.2. The Morgan fingerprint density at radius 1 is 0.647 bits per heavy atom. The van der Waals surface area contributed by atoms with E-state index in [-0.39, 0.29) is 25.2 Å². The van der Waals surface area contributed by atoms with Gasteiger partial charge in [-0.1, -0.05) is 63.8 Å². The number of carbonyl (C=O) groups excluding carboxylic acids is 2. The normalized spacial score (nSPS) is 17.8. The lowest BCUT2D eigenvalue weighted by Crippen LogP contribution is -2.30. The molecule has 0 saturated heterocycles. The highest BCUT2D eigenvalue weighted by Gasteiger charge is 2.32. The van der Waals surface area contributed by atoms with Crippen molar-refractivity contribution in [1.29, 1.82) is 0 Å². The average molecular weight is 467 g/mol. The van der Waals surface area contributed by atoms with E-state index >= 15 is 0 Å². The van der Waals surface area contributed by atoms with Crippen molar-refractivity contribution in [3.8, 4) is 11.5 Å². The van der Waals surface area contributed by atoms with Crippen LogP contribution in [-0.4, -0.2) is 11.9 Å². The molecule has 0 atom stereocenters. The van der Waals surface area contributed by atoms with E-state index in [0.29, 0.717) is 37.2 Å². The summed E-state index contributed by atoms with van der Waals surface area (Å²) in [6, 6.07) is 15.7. The van der Waals surface area contributed by atoms with Gasteiger partial charge in [0, 0.05) is 1.43 Å². The van der Waals surface area contributed by atoms with Crippen LogP contribution in [0.25, 0.3) is 0 Å².